The van der Waals surface area contributed by atoms with Crippen LogP contribution in [0, 0.1) is 5.92 Å². The molecule has 0 bridgehead atoms. The van der Waals surface area contributed by atoms with E-state index in [1.54, 1.807) is 11.3 Å². The molecule has 3 aromatic rings. The summed E-state index contributed by atoms with van der Waals surface area (Å²) in [7, 11) is 0. The molecule has 2 N–H and O–H groups in total. The average molecular weight is 342 g/mol. The second kappa shape index (κ2) is 7.05. The van der Waals surface area contributed by atoms with Gasteiger partial charge in [-0.25, -0.2) is 4.98 Å². The van der Waals surface area contributed by atoms with Crippen LogP contribution in [0.4, 0.5) is 5.82 Å². The van der Waals surface area contributed by atoms with Crippen LogP contribution in [-0.2, 0) is 4.79 Å². The summed E-state index contributed by atoms with van der Waals surface area (Å²) in [6.07, 6.45) is 1.96. The van der Waals surface area contributed by atoms with Gasteiger partial charge in [0.2, 0.25) is 5.91 Å². The maximum atomic E-state index is 12.3. The molecule has 6 heteroatoms. The third-order valence-corrected chi connectivity index (χ3v) is 4.44. The van der Waals surface area contributed by atoms with Crippen LogP contribution < -0.4 is 10.6 Å². The Balaban J connectivity index is 1.90. The van der Waals surface area contributed by atoms with Gasteiger partial charge in [0.15, 0.2) is 0 Å². The van der Waals surface area contributed by atoms with Crippen molar-refractivity contribution in [3.63, 3.8) is 0 Å². The van der Waals surface area contributed by atoms with Gasteiger partial charge in [-0.2, -0.15) is 11.3 Å². The van der Waals surface area contributed by atoms with Gasteiger partial charge in [0.05, 0.1) is 0 Å². The molecule has 1 unspecified atom stereocenters. The molecule has 0 aromatic carbocycles. The molecule has 0 aliphatic heterocycles. The normalized spacial score (nSPS) is 12.5. The number of imidazole rings is 1. The largest absolute Gasteiger partial charge is 0.358 e. The van der Waals surface area contributed by atoms with Crippen LogP contribution in [0.25, 0.3) is 16.9 Å². The number of hydrogen-bond acceptors (Lipinski definition) is 4. The van der Waals surface area contributed by atoms with Crippen LogP contribution in [-0.4, -0.2) is 27.9 Å². The Hall–Kier alpha value is -2.34. The highest BCUT2D eigenvalue weighted by molar-refractivity contribution is 7.08. The van der Waals surface area contributed by atoms with E-state index >= 15 is 0 Å². The summed E-state index contributed by atoms with van der Waals surface area (Å²) in [4.78, 5) is 17.0. The van der Waals surface area contributed by atoms with Gasteiger partial charge in [0.25, 0.3) is 0 Å². The first-order chi connectivity index (χ1) is 11.6. The number of nitrogens with zero attached hydrogens (tertiary/aromatic N) is 2. The van der Waals surface area contributed by atoms with Gasteiger partial charge in [-0.05, 0) is 36.4 Å². The zero-order valence-corrected chi connectivity index (χ0v) is 14.9. The molecule has 3 aromatic heterocycles. The molecule has 0 aliphatic carbocycles. The Morgan fingerprint density at radius 1 is 1.29 bits per heavy atom. The number of pyridine rings is 1. The Kier molecular flexibility index (Phi) is 4.85. The summed E-state index contributed by atoms with van der Waals surface area (Å²) in [5.74, 6) is 1.26. The highest BCUT2D eigenvalue weighted by Gasteiger charge is 2.19. The third-order valence-electron chi connectivity index (χ3n) is 3.76. The van der Waals surface area contributed by atoms with Gasteiger partial charge < -0.3 is 10.6 Å². The van der Waals surface area contributed by atoms with Gasteiger partial charge in [-0.1, -0.05) is 19.9 Å². The molecule has 1 atom stereocenters. The molecule has 0 saturated heterocycles. The van der Waals surface area contributed by atoms with Crippen molar-refractivity contribution >= 4 is 28.7 Å². The van der Waals surface area contributed by atoms with Crippen molar-refractivity contribution in [2.24, 2.45) is 5.92 Å². The van der Waals surface area contributed by atoms with E-state index in [4.69, 9.17) is 4.98 Å². The molecule has 0 aliphatic rings. The van der Waals surface area contributed by atoms with Gasteiger partial charge in [0, 0.05) is 23.7 Å². The lowest BCUT2D eigenvalue weighted by molar-refractivity contribution is -0.121. The first-order valence-electron chi connectivity index (χ1n) is 8.10. The van der Waals surface area contributed by atoms with Crippen LogP contribution in [0.1, 0.15) is 20.8 Å². The van der Waals surface area contributed by atoms with Crippen molar-refractivity contribution < 1.29 is 4.79 Å². The number of thiophene rings is 1. The summed E-state index contributed by atoms with van der Waals surface area (Å²) in [5.41, 5.74) is 2.78. The number of amides is 1. The lowest BCUT2D eigenvalue weighted by Crippen LogP contribution is -2.39. The number of nitrogens with one attached hydrogen (secondary N) is 2. The average Bonchev–Trinajstić information content (AvgIpc) is 3.20. The third kappa shape index (κ3) is 3.43. The molecule has 0 saturated carbocycles. The van der Waals surface area contributed by atoms with E-state index in [0.29, 0.717) is 12.5 Å². The lowest BCUT2D eigenvalue weighted by Gasteiger charge is -2.17. The summed E-state index contributed by atoms with van der Waals surface area (Å²) in [6.45, 7) is 6.71. The fourth-order valence-corrected chi connectivity index (χ4v) is 3.10. The molecule has 0 spiro atoms. The highest BCUT2D eigenvalue weighted by atomic mass is 32.1. The number of rotatable bonds is 6. The minimum atomic E-state index is -0.346. The fraction of sp³-hybridized carbons (Fsp3) is 0.333. The van der Waals surface area contributed by atoms with Crippen LogP contribution in [0.2, 0.25) is 0 Å². The summed E-state index contributed by atoms with van der Waals surface area (Å²) >= 11 is 1.63. The number of hydrogen-bond donors (Lipinski definition) is 2. The van der Waals surface area contributed by atoms with Crippen molar-refractivity contribution in [2.75, 3.05) is 11.9 Å². The van der Waals surface area contributed by atoms with Gasteiger partial charge in [-0.3, -0.25) is 9.20 Å². The van der Waals surface area contributed by atoms with E-state index in [1.807, 2.05) is 47.2 Å². The van der Waals surface area contributed by atoms with E-state index in [9.17, 15) is 4.79 Å². The van der Waals surface area contributed by atoms with E-state index in [2.05, 4.69) is 29.9 Å². The highest BCUT2D eigenvalue weighted by Crippen LogP contribution is 2.30. The van der Waals surface area contributed by atoms with E-state index in [-0.39, 0.29) is 11.9 Å². The first kappa shape index (κ1) is 16.5. The molecule has 3 heterocycles. The maximum absolute atomic E-state index is 12.3. The quantitative estimate of drug-likeness (QED) is 0.719. The second-order valence-corrected chi connectivity index (χ2v) is 7.03. The molecular weight excluding hydrogens is 320 g/mol. The van der Waals surface area contributed by atoms with Crippen molar-refractivity contribution in [3.8, 4) is 11.3 Å². The van der Waals surface area contributed by atoms with Gasteiger partial charge >= 0.3 is 0 Å². The maximum Gasteiger partial charge on any atom is 0.242 e. The first-order valence-corrected chi connectivity index (χ1v) is 9.04. The van der Waals surface area contributed by atoms with Gasteiger partial charge in [-0.15, -0.1) is 0 Å². The van der Waals surface area contributed by atoms with Gasteiger partial charge in [0.1, 0.15) is 23.2 Å². The van der Waals surface area contributed by atoms with Crippen molar-refractivity contribution in [2.45, 2.75) is 26.8 Å². The minimum Gasteiger partial charge on any atom is -0.358 e. The Morgan fingerprint density at radius 3 is 2.83 bits per heavy atom. The zero-order chi connectivity index (χ0) is 17.1. The predicted octanol–water partition coefficient (Wildman–Crippen LogP) is 3.64. The molecule has 3 rings (SSSR count). The monoisotopic (exact) mass is 342 g/mol. The second-order valence-electron chi connectivity index (χ2n) is 6.25. The van der Waals surface area contributed by atoms with Crippen molar-refractivity contribution in [1.82, 2.24) is 14.7 Å². The van der Waals surface area contributed by atoms with E-state index in [0.717, 1.165) is 22.7 Å². The molecular formula is C18H22N4OS. The smallest absolute Gasteiger partial charge is 0.242 e. The predicted molar refractivity (Wildman–Crippen MR) is 99.4 cm³/mol. The lowest BCUT2D eigenvalue weighted by atomic mass is 10.2. The van der Waals surface area contributed by atoms with Crippen LogP contribution in [0.3, 0.4) is 0 Å². The summed E-state index contributed by atoms with van der Waals surface area (Å²) in [6, 6.07) is 7.58. The zero-order valence-electron chi connectivity index (χ0n) is 14.1. The van der Waals surface area contributed by atoms with Crippen molar-refractivity contribution in [3.05, 3.63) is 41.2 Å². The SMILES string of the molecule is CC(C)CNC(=O)C(C)Nc1c(-c2ccsc2)nc2ccccn12. The standard InChI is InChI=1S/C18H22N4OS/c1-12(2)10-19-18(23)13(3)20-17-16(14-7-9-24-11-14)21-15-6-4-5-8-22(15)17/h4-9,11-13,20H,10H2,1-3H3,(H,19,23). The summed E-state index contributed by atoms with van der Waals surface area (Å²) < 4.78 is 1.99. The minimum absolute atomic E-state index is 0.00847. The Bertz CT molecular complexity index is 823. The number of carbonyl (C=O) groups is 1. The van der Waals surface area contributed by atoms with Crippen LogP contribution in [0.15, 0.2) is 41.2 Å². The number of anilines is 1. The molecule has 0 fully saturated rings. The molecule has 1 amide bonds. The number of fused-ring (bicyclic) bond motifs is 1. The molecule has 126 valence electrons. The molecule has 24 heavy (non-hydrogen) atoms. The molecule has 0 radical (unpaired) electrons. The Morgan fingerprint density at radius 2 is 2.12 bits per heavy atom. The van der Waals surface area contributed by atoms with Crippen LogP contribution in [0.5, 0.6) is 0 Å². The molecule has 5 nitrogen and oxygen atoms in total. The number of carbonyl (C=O) groups excluding carboxylic acids is 1. The van der Waals surface area contributed by atoms with Crippen molar-refractivity contribution in [1.29, 1.82) is 0 Å². The van der Waals surface area contributed by atoms with Crippen LogP contribution >= 0.6 is 11.3 Å². The topological polar surface area (TPSA) is 58.4 Å². The van der Waals surface area contributed by atoms with E-state index < -0.39 is 0 Å². The Labute approximate surface area is 145 Å². The summed E-state index contributed by atoms with van der Waals surface area (Å²) in [5, 5.41) is 10.4. The fourth-order valence-electron chi connectivity index (χ4n) is 2.46. The van der Waals surface area contributed by atoms with E-state index in [1.165, 1.54) is 0 Å². The number of aromatic nitrogens is 2.